The maximum atomic E-state index is 12.1. The van der Waals surface area contributed by atoms with Crippen molar-refractivity contribution in [3.63, 3.8) is 0 Å². The summed E-state index contributed by atoms with van der Waals surface area (Å²) in [4.78, 5) is 18.8. The number of aromatic nitrogens is 2. The van der Waals surface area contributed by atoms with Gasteiger partial charge in [0.2, 0.25) is 0 Å². The second kappa shape index (κ2) is 6.23. The van der Waals surface area contributed by atoms with Crippen molar-refractivity contribution in [1.29, 1.82) is 0 Å². The van der Waals surface area contributed by atoms with Gasteiger partial charge >= 0.3 is 0 Å². The molecular formula is C14H16BrN3O3. The Morgan fingerprint density at radius 2 is 2.33 bits per heavy atom. The molecule has 0 spiro atoms. The van der Waals surface area contributed by atoms with E-state index in [1.165, 1.54) is 4.40 Å². The first kappa shape index (κ1) is 14.6. The molecular weight excluding hydrogens is 338 g/mol. The normalized spacial score (nSPS) is 20.0. The summed E-state index contributed by atoms with van der Waals surface area (Å²) in [5.74, 6) is 0. The molecule has 0 radical (unpaired) electrons. The van der Waals surface area contributed by atoms with Crippen molar-refractivity contribution in [2.24, 2.45) is 0 Å². The quantitative estimate of drug-likeness (QED) is 0.877. The Balaban J connectivity index is 1.84. The van der Waals surface area contributed by atoms with Crippen molar-refractivity contribution in [2.75, 3.05) is 26.3 Å². The second-order valence-corrected chi connectivity index (χ2v) is 5.99. The first-order valence-corrected chi connectivity index (χ1v) is 7.57. The molecule has 3 rings (SSSR count). The molecule has 21 heavy (non-hydrogen) atoms. The number of ether oxygens (including phenoxy) is 1. The fourth-order valence-corrected chi connectivity index (χ4v) is 2.81. The lowest BCUT2D eigenvalue weighted by Crippen LogP contribution is -2.43. The van der Waals surface area contributed by atoms with Crippen LogP contribution in [0.2, 0.25) is 0 Å². The average Bonchev–Trinajstić information content (AvgIpc) is 2.48. The van der Waals surface area contributed by atoms with E-state index < -0.39 is 0 Å². The van der Waals surface area contributed by atoms with Gasteiger partial charge in [-0.3, -0.25) is 14.1 Å². The van der Waals surface area contributed by atoms with E-state index in [4.69, 9.17) is 9.84 Å². The third-order valence-corrected chi connectivity index (χ3v) is 3.96. The van der Waals surface area contributed by atoms with Gasteiger partial charge < -0.3 is 9.84 Å². The third kappa shape index (κ3) is 3.32. The lowest BCUT2D eigenvalue weighted by Gasteiger charge is -2.31. The van der Waals surface area contributed by atoms with Crippen LogP contribution in [0, 0.1) is 0 Å². The topological polar surface area (TPSA) is 67.1 Å². The number of aliphatic hydroxyl groups is 1. The predicted octanol–water partition coefficient (Wildman–Crippen LogP) is 0.650. The lowest BCUT2D eigenvalue weighted by molar-refractivity contribution is -0.0553. The van der Waals surface area contributed by atoms with Crippen molar-refractivity contribution >= 4 is 21.6 Å². The van der Waals surface area contributed by atoms with Crippen LogP contribution >= 0.6 is 15.9 Å². The van der Waals surface area contributed by atoms with Crippen molar-refractivity contribution in [3.8, 4) is 0 Å². The number of hydrogen-bond donors (Lipinski definition) is 1. The van der Waals surface area contributed by atoms with Gasteiger partial charge in [0.25, 0.3) is 5.56 Å². The van der Waals surface area contributed by atoms with Crippen molar-refractivity contribution < 1.29 is 9.84 Å². The fourth-order valence-electron chi connectivity index (χ4n) is 2.47. The Hall–Kier alpha value is -1.28. The minimum absolute atomic E-state index is 0.0122. The molecule has 0 saturated carbocycles. The van der Waals surface area contributed by atoms with E-state index >= 15 is 0 Å². The number of aliphatic hydroxyl groups excluding tert-OH is 1. The number of nitrogens with zero attached hydrogens (tertiary/aromatic N) is 3. The van der Waals surface area contributed by atoms with Crippen LogP contribution in [0.3, 0.4) is 0 Å². The van der Waals surface area contributed by atoms with Gasteiger partial charge in [-0.15, -0.1) is 0 Å². The zero-order valence-electron chi connectivity index (χ0n) is 11.4. The SMILES string of the molecule is O=c1cc(CN2CCOC(CO)C2)nc2ccc(Br)cn12. The first-order chi connectivity index (χ1) is 10.2. The fraction of sp³-hybridized carbons (Fsp3) is 0.429. The number of morpholine rings is 1. The van der Waals surface area contributed by atoms with Crippen molar-refractivity contribution in [3.05, 3.63) is 44.9 Å². The third-order valence-electron chi connectivity index (χ3n) is 3.49. The lowest BCUT2D eigenvalue weighted by atomic mass is 10.2. The van der Waals surface area contributed by atoms with E-state index in [9.17, 15) is 4.79 Å². The Morgan fingerprint density at radius 1 is 1.48 bits per heavy atom. The summed E-state index contributed by atoms with van der Waals surface area (Å²) in [7, 11) is 0. The van der Waals surface area contributed by atoms with Crippen LogP contribution in [0.1, 0.15) is 5.69 Å². The summed E-state index contributed by atoms with van der Waals surface area (Å²) in [5.41, 5.74) is 1.27. The minimum atomic E-state index is -0.156. The van der Waals surface area contributed by atoms with E-state index in [-0.39, 0.29) is 18.3 Å². The van der Waals surface area contributed by atoms with Crippen LogP contribution in [0.4, 0.5) is 0 Å². The molecule has 112 valence electrons. The molecule has 2 aromatic heterocycles. The second-order valence-electron chi connectivity index (χ2n) is 5.07. The Kier molecular flexibility index (Phi) is 4.34. The minimum Gasteiger partial charge on any atom is -0.394 e. The first-order valence-electron chi connectivity index (χ1n) is 6.78. The standard InChI is InChI=1S/C14H16BrN3O3/c15-10-1-2-13-16-11(5-14(20)18(13)6-10)7-17-3-4-21-12(8-17)9-19/h1-2,5-6,12,19H,3-4,7-9H2. The van der Waals surface area contributed by atoms with Crippen LogP contribution in [0.15, 0.2) is 33.7 Å². The average molecular weight is 354 g/mol. The van der Waals surface area contributed by atoms with Crippen LogP contribution in [-0.4, -0.2) is 51.8 Å². The molecule has 1 N–H and O–H groups in total. The van der Waals surface area contributed by atoms with E-state index in [1.807, 2.05) is 12.1 Å². The maximum Gasteiger partial charge on any atom is 0.258 e. The van der Waals surface area contributed by atoms with Gasteiger partial charge in [-0.05, 0) is 28.1 Å². The van der Waals surface area contributed by atoms with E-state index in [0.717, 1.165) is 16.7 Å². The summed E-state index contributed by atoms with van der Waals surface area (Å²) in [5, 5.41) is 9.16. The van der Waals surface area contributed by atoms with Gasteiger partial charge in [-0.1, -0.05) is 0 Å². The maximum absolute atomic E-state index is 12.1. The highest BCUT2D eigenvalue weighted by molar-refractivity contribution is 9.10. The largest absolute Gasteiger partial charge is 0.394 e. The van der Waals surface area contributed by atoms with Crippen LogP contribution < -0.4 is 5.56 Å². The number of rotatable bonds is 3. The van der Waals surface area contributed by atoms with Crippen molar-refractivity contribution in [2.45, 2.75) is 12.6 Å². The molecule has 1 saturated heterocycles. The summed E-state index contributed by atoms with van der Waals surface area (Å²) in [6.07, 6.45) is 1.56. The highest BCUT2D eigenvalue weighted by Gasteiger charge is 2.20. The molecule has 1 unspecified atom stereocenters. The summed E-state index contributed by atoms with van der Waals surface area (Å²) < 4.78 is 7.77. The molecule has 0 amide bonds. The highest BCUT2D eigenvalue weighted by Crippen LogP contribution is 2.11. The van der Waals surface area contributed by atoms with Crippen LogP contribution in [0.5, 0.6) is 0 Å². The summed E-state index contributed by atoms with van der Waals surface area (Å²) in [6, 6.07) is 5.23. The molecule has 1 aliphatic rings. The molecule has 1 aliphatic heterocycles. The molecule has 3 heterocycles. The molecule has 2 aromatic rings. The number of halogens is 1. The monoisotopic (exact) mass is 353 g/mol. The molecule has 0 bridgehead atoms. The zero-order valence-corrected chi connectivity index (χ0v) is 13.0. The number of hydrogen-bond acceptors (Lipinski definition) is 5. The van der Waals surface area contributed by atoms with E-state index in [0.29, 0.717) is 25.3 Å². The van der Waals surface area contributed by atoms with Gasteiger partial charge in [0.1, 0.15) is 5.65 Å². The Bertz CT molecular complexity index is 703. The molecule has 0 aromatic carbocycles. The van der Waals surface area contributed by atoms with Gasteiger partial charge in [0.05, 0.1) is 25.0 Å². The van der Waals surface area contributed by atoms with Gasteiger partial charge in [0, 0.05) is 36.4 Å². The van der Waals surface area contributed by atoms with Crippen molar-refractivity contribution in [1.82, 2.24) is 14.3 Å². The molecule has 6 nitrogen and oxygen atoms in total. The Labute approximate surface area is 130 Å². The van der Waals surface area contributed by atoms with E-state index in [2.05, 4.69) is 25.8 Å². The summed E-state index contributed by atoms with van der Waals surface area (Å²) >= 11 is 3.35. The molecule has 1 atom stereocenters. The van der Waals surface area contributed by atoms with Crippen LogP contribution in [0.25, 0.3) is 5.65 Å². The van der Waals surface area contributed by atoms with Gasteiger partial charge in [-0.25, -0.2) is 4.98 Å². The molecule has 7 heteroatoms. The number of pyridine rings is 1. The van der Waals surface area contributed by atoms with Crippen LogP contribution in [-0.2, 0) is 11.3 Å². The Morgan fingerprint density at radius 3 is 3.14 bits per heavy atom. The van der Waals surface area contributed by atoms with E-state index in [1.54, 1.807) is 12.3 Å². The summed E-state index contributed by atoms with van der Waals surface area (Å²) in [6.45, 7) is 2.61. The van der Waals surface area contributed by atoms with Gasteiger partial charge in [0.15, 0.2) is 0 Å². The predicted molar refractivity (Wildman–Crippen MR) is 81.3 cm³/mol. The molecule has 0 aliphatic carbocycles. The van der Waals surface area contributed by atoms with Gasteiger partial charge in [-0.2, -0.15) is 0 Å². The number of fused-ring (bicyclic) bond motifs is 1. The highest BCUT2D eigenvalue weighted by atomic mass is 79.9. The smallest absolute Gasteiger partial charge is 0.258 e. The molecule has 1 fully saturated rings. The zero-order chi connectivity index (χ0) is 14.8.